The molecule has 2 amide bonds. The maximum atomic E-state index is 11.7. The number of amides is 2. The van der Waals surface area contributed by atoms with Crippen LogP contribution in [-0.2, 0) is 16.0 Å². The Morgan fingerprint density at radius 3 is 2.45 bits per heavy atom. The molecule has 6 nitrogen and oxygen atoms in total. The smallest absolute Gasteiger partial charge is 0.328 e. The van der Waals surface area contributed by atoms with Gasteiger partial charge in [-0.25, -0.2) is 9.59 Å². The van der Waals surface area contributed by atoms with E-state index in [1.807, 2.05) is 37.3 Å². The number of urea groups is 1. The molecule has 2 atom stereocenters. The maximum Gasteiger partial charge on any atom is 0.328 e. The van der Waals surface area contributed by atoms with Gasteiger partial charge in [0.1, 0.15) is 0 Å². The van der Waals surface area contributed by atoms with Gasteiger partial charge < -0.3 is 20.5 Å². The molecule has 3 N–H and O–H groups in total. The fraction of sp³-hybridized carbons (Fsp3) is 0.429. The Morgan fingerprint density at radius 1 is 1.25 bits per heavy atom. The molecule has 0 aliphatic heterocycles. The van der Waals surface area contributed by atoms with Crippen LogP contribution in [0.15, 0.2) is 30.3 Å². The zero-order valence-corrected chi connectivity index (χ0v) is 11.6. The molecule has 0 aliphatic rings. The second kappa shape index (κ2) is 8.16. The summed E-state index contributed by atoms with van der Waals surface area (Å²) in [5, 5.41) is 14.0. The Labute approximate surface area is 118 Å². The van der Waals surface area contributed by atoms with Gasteiger partial charge in [0.15, 0.2) is 6.04 Å². The van der Waals surface area contributed by atoms with Gasteiger partial charge >= 0.3 is 12.0 Å². The van der Waals surface area contributed by atoms with E-state index in [-0.39, 0.29) is 12.6 Å². The zero-order valence-electron chi connectivity index (χ0n) is 11.6. The van der Waals surface area contributed by atoms with E-state index in [4.69, 9.17) is 9.84 Å². The molecule has 0 saturated carbocycles. The minimum Gasteiger partial charge on any atom is -0.480 e. The third-order valence-electron chi connectivity index (χ3n) is 2.70. The van der Waals surface area contributed by atoms with Crippen molar-refractivity contribution in [3.05, 3.63) is 35.9 Å². The van der Waals surface area contributed by atoms with Crippen molar-refractivity contribution < 1.29 is 19.4 Å². The first-order valence-corrected chi connectivity index (χ1v) is 6.35. The van der Waals surface area contributed by atoms with E-state index in [1.54, 1.807) is 0 Å². The van der Waals surface area contributed by atoms with Crippen molar-refractivity contribution in [2.45, 2.75) is 25.4 Å². The SMILES string of the molecule is COCC(NC(=O)NC(C)Cc1ccccc1)C(=O)O. The predicted molar refractivity (Wildman–Crippen MR) is 74.6 cm³/mol. The van der Waals surface area contributed by atoms with E-state index >= 15 is 0 Å². The number of hydrogen-bond acceptors (Lipinski definition) is 3. The van der Waals surface area contributed by atoms with Gasteiger partial charge in [-0.3, -0.25) is 0 Å². The van der Waals surface area contributed by atoms with Gasteiger partial charge in [-0.15, -0.1) is 0 Å². The van der Waals surface area contributed by atoms with Gasteiger partial charge in [0.2, 0.25) is 0 Å². The molecule has 0 bridgehead atoms. The Kier molecular flexibility index (Phi) is 6.52. The monoisotopic (exact) mass is 280 g/mol. The number of carboxylic acid groups (broad SMARTS) is 1. The van der Waals surface area contributed by atoms with Gasteiger partial charge in [-0.2, -0.15) is 0 Å². The molecule has 0 aliphatic carbocycles. The van der Waals surface area contributed by atoms with Crippen LogP contribution in [0.25, 0.3) is 0 Å². The summed E-state index contributed by atoms with van der Waals surface area (Å²) in [6, 6.07) is 8.07. The second-order valence-corrected chi connectivity index (χ2v) is 4.55. The predicted octanol–water partition coefficient (Wildman–Crippen LogP) is 1.02. The summed E-state index contributed by atoms with van der Waals surface area (Å²) in [6.07, 6.45) is 0.677. The molecule has 0 spiro atoms. The van der Waals surface area contributed by atoms with E-state index in [0.717, 1.165) is 5.56 Å². The number of methoxy groups -OCH3 is 1. The molecule has 0 heterocycles. The molecule has 1 aromatic carbocycles. The number of carbonyl (C=O) groups is 2. The van der Waals surface area contributed by atoms with Crippen molar-refractivity contribution in [2.24, 2.45) is 0 Å². The standard InChI is InChI=1S/C14H20N2O4/c1-10(8-11-6-4-3-5-7-11)15-14(19)16-12(9-20-2)13(17)18/h3-7,10,12H,8-9H2,1-2H3,(H,17,18)(H2,15,16,19). The van der Waals surface area contributed by atoms with Crippen LogP contribution in [-0.4, -0.2) is 42.9 Å². The summed E-state index contributed by atoms with van der Waals surface area (Å²) in [5.74, 6) is -1.13. The number of carbonyl (C=O) groups excluding carboxylic acids is 1. The molecule has 0 saturated heterocycles. The van der Waals surface area contributed by atoms with Crippen molar-refractivity contribution >= 4 is 12.0 Å². The average Bonchev–Trinajstić information content (AvgIpc) is 2.38. The van der Waals surface area contributed by atoms with Crippen molar-refractivity contribution in [3.8, 4) is 0 Å². The summed E-state index contributed by atoms with van der Waals surface area (Å²) in [4.78, 5) is 22.6. The average molecular weight is 280 g/mol. The Hall–Kier alpha value is -2.08. The Bertz CT molecular complexity index is 436. The third kappa shape index (κ3) is 5.71. The first-order chi connectivity index (χ1) is 9.52. The summed E-state index contributed by atoms with van der Waals surface area (Å²) in [6.45, 7) is 1.79. The van der Waals surface area contributed by atoms with E-state index in [2.05, 4.69) is 10.6 Å². The van der Waals surface area contributed by atoms with E-state index in [0.29, 0.717) is 6.42 Å². The Balaban J connectivity index is 2.43. The molecule has 1 aromatic rings. The zero-order chi connectivity index (χ0) is 15.0. The molecule has 1 rings (SSSR count). The van der Waals surface area contributed by atoms with Crippen molar-refractivity contribution in [2.75, 3.05) is 13.7 Å². The fourth-order valence-electron chi connectivity index (χ4n) is 1.78. The van der Waals surface area contributed by atoms with Gasteiger partial charge in [-0.05, 0) is 18.9 Å². The number of carboxylic acids is 1. The normalized spacial score (nSPS) is 13.3. The highest BCUT2D eigenvalue weighted by atomic mass is 16.5. The van der Waals surface area contributed by atoms with Crippen LogP contribution >= 0.6 is 0 Å². The van der Waals surface area contributed by atoms with Crippen LogP contribution < -0.4 is 10.6 Å². The molecule has 20 heavy (non-hydrogen) atoms. The number of rotatable bonds is 7. The number of ether oxygens (including phenoxy) is 1. The lowest BCUT2D eigenvalue weighted by Crippen LogP contribution is -2.50. The van der Waals surface area contributed by atoms with Gasteiger partial charge in [0.05, 0.1) is 6.61 Å². The quantitative estimate of drug-likeness (QED) is 0.695. The lowest BCUT2D eigenvalue weighted by atomic mass is 10.1. The summed E-state index contributed by atoms with van der Waals surface area (Å²) >= 11 is 0. The molecule has 0 aromatic heterocycles. The largest absolute Gasteiger partial charge is 0.480 e. The number of benzene rings is 1. The van der Waals surface area contributed by atoms with Gasteiger partial charge in [0, 0.05) is 13.2 Å². The highest BCUT2D eigenvalue weighted by Crippen LogP contribution is 2.02. The van der Waals surface area contributed by atoms with Crippen molar-refractivity contribution in [1.29, 1.82) is 0 Å². The van der Waals surface area contributed by atoms with Gasteiger partial charge in [-0.1, -0.05) is 30.3 Å². The van der Waals surface area contributed by atoms with Crippen LogP contribution in [0.5, 0.6) is 0 Å². The number of aliphatic carboxylic acids is 1. The molecule has 110 valence electrons. The van der Waals surface area contributed by atoms with Crippen LogP contribution in [0.1, 0.15) is 12.5 Å². The summed E-state index contributed by atoms with van der Waals surface area (Å²) < 4.78 is 4.74. The topological polar surface area (TPSA) is 87.7 Å². The maximum absolute atomic E-state index is 11.7. The molecular formula is C14H20N2O4. The molecule has 0 fully saturated rings. The second-order valence-electron chi connectivity index (χ2n) is 4.55. The van der Waals surface area contributed by atoms with Crippen LogP contribution in [0.2, 0.25) is 0 Å². The van der Waals surface area contributed by atoms with Crippen LogP contribution in [0.3, 0.4) is 0 Å². The molecular weight excluding hydrogens is 260 g/mol. The minimum absolute atomic E-state index is 0.0736. The fourth-order valence-corrected chi connectivity index (χ4v) is 1.78. The third-order valence-corrected chi connectivity index (χ3v) is 2.70. The summed E-state index contributed by atoms with van der Waals surface area (Å²) in [5.41, 5.74) is 1.10. The number of hydrogen-bond donors (Lipinski definition) is 3. The van der Waals surface area contributed by atoms with E-state index in [9.17, 15) is 9.59 Å². The summed E-state index contributed by atoms with van der Waals surface area (Å²) in [7, 11) is 1.38. The lowest BCUT2D eigenvalue weighted by Gasteiger charge is -2.18. The minimum atomic E-state index is -1.13. The molecule has 6 heteroatoms. The molecule has 0 radical (unpaired) electrons. The van der Waals surface area contributed by atoms with E-state index in [1.165, 1.54) is 7.11 Å². The molecule has 2 unspecified atom stereocenters. The van der Waals surface area contributed by atoms with Gasteiger partial charge in [0.25, 0.3) is 0 Å². The van der Waals surface area contributed by atoms with Crippen LogP contribution in [0.4, 0.5) is 4.79 Å². The Morgan fingerprint density at radius 2 is 1.90 bits per heavy atom. The van der Waals surface area contributed by atoms with Crippen molar-refractivity contribution in [3.63, 3.8) is 0 Å². The highest BCUT2D eigenvalue weighted by Gasteiger charge is 2.20. The lowest BCUT2D eigenvalue weighted by molar-refractivity contribution is -0.140. The first-order valence-electron chi connectivity index (χ1n) is 6.35. The number of nitrogens with one attached hydrogen (secondary N) is 2. The van der Waals surface area contributed by atoms with Crippen molar-refractivity contribution in [1.82, 2.24) is 10.6 Å². The van der Waals surface area contributed by atoms with E-state index < -0.39 is 18.0 Å². The highest BCUT2D eigenvalue weighted by molar-refractivity contribution is 5.82. The first kappa shape index (κ1) is 16.0. The van der Waals surface area contributed by atoms with Crippen LogP contribution in [0, 0.1) is 0 Å².